The lowest BCUT2D eigenvalue weighted by Crippen LogP contribution is -2.71. The number of nitrogens with two attached hydrogens (primary N) is 1. The number of hydrogen-bond donors (Lipinski definition) is 7. The molecule has 0 bridgehead atoms. The van der Waals surface area contributed by atoms with Gasteiger partial charge in [-0.1, -0.05) is 12.1 Å². The summed E-state index contributed by atoms with van der Waals surface area (Å²) in [6, 6.07) is 2.81. The van der Waals surface area contributed by atoms with Gasteiger partial charge in [-0.25, -0.2) is 0 Å². The molecule has 1 aromatic rings. The number of carbonyl (C=O) groups excluding carboxylic acids is 3. The summed E-state index contributed by atoms with van der Waals surface area (Å²) < 4.78 is 0. The van der Waals surface area contributed by atoms with Crippen molar-refractivity contribution in [3.8, 4) is 5.75 Å². The van der Waals surface area contributed by atoms with Crippen LogP contribution in [0.15, 0.2) is 24.3 Å². The van der Waals surface area contributed by atoms with Gasteiger partial charge in [-0.3, -0.25) is 14.4 Å². The second kappa shape index (κ2) is 10.5. The molecule has 1 saturated heterocycles. The highest BCUT2D eigenvalue weighted by atomic mass is 16.5. The van der Waals surface area contributed by atoms with Gasteiger partial charge in [0.25, 0.3) is 0 Å². The van der Waals surface area contributed by atoms with E-state index >= 15 is 0 Å². The standard InChI is InChI=1S/C22H34N4O7/c1-13(24-20(31)17-5-4-10-26(17)14(2)28)19(30)25-18(22(32,33)21(3,23)12-27)11-15-6-8-16(29)9-7-15/h6-9,13,17-18,27,29,32-33H,4-5,10-12,23H2,1-3H3,(H,24,31)(H,25,30)/t13-,17-,18-,21-/m0/s1. The summed E-state index contributed by atoms with van der Waals surface area (Å²) >= 11 is 0. The van der Waals surface area contributed by atoms with Crippen molar-refractivity contribution >= 4 is 17.7 Å². The minimum atomic E-state index is -2.73. The van der Waals surface area contributed by atoms with Crippen molar-refractivity contribution in [2.45, 2.75) is 69.5 Å². The van der Waals surface area contributed by atoms with Crippen LogP contribution in [0.5, 0.6) is 5.75 Å². The second-order valence-electron chi connectivity index (χ2n) is 8.83. The van der Waals surface area contributed by atoms with E-state index in [0.29, 0.717) is 24.9 Å². The maximum Gasteiger partial charge on any atom is 0.243 e. The van der Waals surface area contributed by atoms with Crippen LogP contribution in [0.2, 0.25) is 0 Å². The van der Waals surface area contributed by atoms with Crippen LogP contribution in [0.3, 0.4) is 0 Å². The first-order chi connectivity index (χ1) is 15.3. The Morgan fingerprint density at radius 1 is 1.21 bits per heavy atom. The molecule has 1 heterocycles. The predicted molar refractivity (Wildman–Crippen MR) is 119 cm³/mol. The molecule has 4 atom stereocenters. The van der Waals surface area contributed by atoms with Gasteiger partial charge in [-0.2, -0.15) is 0 Å². The Hall–Kier alpha value is -2.73. The molecular formula is C22H34N4O7. The van der Waals surface area contributed by atoms with Gasteiger partial charge in [-0.05, 0) is 50.8 Å². The Kier molecular flexibility index (Phi) is 8.41. The predicted octanol–water partition coefficient (Wildman–Crippen LogP) is -1.67. The van der Waals surface area contributed by atoms with Crippen LogP contribution in [-0.4, -0.2) is 85.7 Å². The summed E-state index contributed by atoms with van der Waals surface area (Å²) in [5.41, 5.74) is 4.55. The Labute approximate surface area is 192 Å². The van der Waals surface area contributed by atoms with Crippen LogP contribution in [0, 0.1) is 0 Å². The fourth-order valence-electron chi connectivity index (χ4n) is 3.76. The van der Waals surface area contributed by atoms with E-state index in [2.05, 4.69) is 10.6 Å². The van der Waals surface area contributed by atoms with Gasteiger partial charge in [0, 0.05) is 13.5 Å². The minimum Gasteiger partial charge on any atom is -0.508 e. The fourth-order valence-corrected chi connectivity index (χ4v) is 3.76. The Morgan fingerprint density at radius 2 is 1.82 bits per heavy atom. The minimum absolute atomic E-state index is 0.0143. The van der Waals surface area contributed by atoms with Crippen molar-refractivity contribution in [3.63, 3.8) is 0 Å². The number of phenols is 1. The van der Waals surface area contributed by atoms with E-state index in [-0.39, 0.29) is 18.1 Å². The third kappa shape index (κ3) is 6.20. The van der Waals surface area contributed by atoms with Crippen molar-refractivity contribution < 1.29 is 34.8 Å². The fraction of sp³-hybridized carbons (Fsp3) is 0.591. The summed E-state index contributed by atoms with van der Waals surface area (Å²) in [6.07, 6.45) is 1.08. The van der Waals surface area contributed by atoms with E-state index in [1.54, 1.807) is 12.1 Å². The summed E-state index contributed by atoms with van der Waals surface area (Å²) in [5.74, 6) is -4.12. The molecular weight excluding hydrogens is 432 g/mol. The number of hydrogen-bond acceptors (Lipinski definition) is 8. The maximum absolute atomic E-state index is 12.9. The van der Waals surface area contributed by atoms with E-state index in [0.717, 1.165) is 0 Å². The lowest BCUT2D eigenvalue weighted by atomic mass is 9.84. The van der Waals surface area contributed by atoms with E-state index in [1.807, 2.05) is 0 Å². The van der Waals surface area contributed by atoms with Gasteiger partial charge in [0.15, 0.2) is 0 Å². The van der Waals surface area contributed by atoms with Gasteiger partial charge in [0.1, 0.15) is 17.8 Å². The van der Waals surface area contributed by atoms with E-state index in [9.17, 15) is 34.8 Å². The van der Waals surface area contributed by atoms with Crippen LogP contribution in [0.25, 0.3) is 0 Å². The van der Waals surface area contributed by atoms with Crippen LogP contribution in [-0.2, 0) is 20.8 Å². The third-order valence-corrected chi connectivity index (χ3v) is 6.06. The molecule has 0 aliphatic carbocycles. The SMILES string of the molecule is CC(=O)N1CCC[C@H]1C(=O)N[C@@H](C)C(=O)N[C@@H](Cc1ccc(O)cc1)C(O)(O)[C@@](C)(N)CO. The monoisotopic (exact) mass is 466 g/mol. The Bertz CT molecular complexity index is 857. The number of rotatable bonds is 9. The zero-order chi connectivity index (χ0) is 25.0. The normalized spacial score (nSPS) is 20.0. The zero-order valence-corrected chi connectivity index (χ0v) is 19.1. The van der Waals surface area contributed by atoms with Crippen molar-refractivity contribution in [1.29, 1.82) is 0 Å². The Balaban J connectivity index is 2.16. The molecule has 8 N–H and O–H groups in total. The lowest BCUT2D eigenvalue weighted by molar-refractivity contribution is -0.232. The number of nitrogens with one attached hydrogen (secondary N) is 2. The molecule has 2 rings (SSSR count). The molecule has 0 aromatic heterocycles. The van der Waals surface area contributed by atoms with Crippen molar-refractivity contribution in [1.82, 2.24) is 15.5 Å². The van der Waals surface area contributed by atoms with Crippen LogP contribution >= 0.6 is 0 Å². The van der Waals surface area contributed by atoms with Gasteiger partial charge < -0.3 is 41.7 Å². The molecule has 11 nitrogen and oxygen atoms in total. The summed E-state index contributed by atoms with van der Waals surface area (Å²) in [4.78, 5) is 38.6. The first-order valence-electron chi connectivity index (χ1n) is 10.8. The molecule has 0 spiro atoms. The molecule has 3 amide bonds. The summed E-state index contributed by atoms with van der Waals surface area (Å²) in [6.45, 7) is 3.72. The molecule has 1 fully saturated rings. The molecule has 0 radical (unpaired) electrons. The number of carbonyl (C=O) groups is 3. The van der Waals surface area contributed by atoms with Crippen LogP contribution in [0.1, 0.15) is 39.2 Å². The molecule has 33 heavy (non-hydrogen) atoms. The molecule has 1 aliphatic rings. The van der Waals surface area contributed by atoms with E-state index < -0.39 is 47.9 Å². The number of aromatic hydroxyl groups is 1. The molecule has 1 aliphatic heterocycles. The first kappa shape index (κ1) is 26.5. The maximum atomic E-state index is 12.9. The quantitative estimate of drug-likeness (QED) is 0.210. The number of amides is 3. The number of benzene rings is 1. The Morgan fingerprint density at radius 3 is 2.36 bits per heavy atom. The van der Waals surface area contributed by atoms with E-state index in [4.69, 9.17) is 5.73 Å². The van der Waals surface area contributed by atoms with Crippen molar-refractivity contribution in [3.05, 3.63) is 29.8 Å². The topological polar surface area (TPSA) is 185 Å². The summed E-state index contributed by atoms with van der Waals surface area (Å²) in [5, 5.41) is 45.6. The smallest absolute Gasteiger partial charge is 0.243 e. The van der Waals surface area contributed by atoms with E-state index in [1.165, 1.54) is 37.8 Å². The lowest BCUT2D eigenvalue weighted by Gasteiger charge is -2.42. The molecule has 0 saturated carbocycles. The molecule has 0 unspecified atom stereocenters. The first-order valence-corrected chi connectivity index (χ1v) is 10.8. The molecule has 11 heteroatoms. The average molecular weight is 467 g/mol. The number of phenolic OH excluding ortho intramolecular Hbond substituents is 1. The van der Waals surface area contributed by atoms with Gasteiger partial charge in [0.2, 0.25) is 23.5 Å². The van der Waals surface area contributed by atoms with Crippen LogP contribution < -0.4 is 16.4 Å². The molecule has 1 aromatic carbocycles. The van der Waals surface area contributed by atoms with Crippen molar-refractivity contribution in [2.75, 3.05) is 13.2 Å². The molecule has 184 valence electrons. The third-order valence-electron chi connectivity index (χ3n) is 6.06. The zero-order valence-electron chi connectivity index (χ0n) is 19.1. The highest BCUT2D eigenvalue weighted by Gasteiger charge is 2.49. The average Bonchev–Trinajstić information content (AvgIpc) is 3.25. The van der Waals surface area contributed by atoms with Crippen LogP contribution in [0.4, 0.5) is 0 Å². The van der Waals surface area contributed by atoms with Crippen molar-refractivity contribution in [2.24, 2.45) is 5.73 Å². The van der Waals surface area contributed by atoms with Gasteiger partial charge >= 0.3 is 0 Å². The summed E-state index contributed by atoms with van der Waals surface area (Å²) in [7, 11) is 0. The largest absolute Gasteiger partial charge is 0.508 e. The highest BCUT2D eigenvalue weighted by molar-refractivity contribution is 5.92. The highest BCUT2D eigenvalue weighted by Crippen LogP contribution is 2.24. The second-order valence-corrected chi connectivity index (χ2v) is 8.83. The number of likely N-dealkylation sites (tertiary alicyclic amines) is 1. The number of aliphatic hydroxyl groups excluding tert-OH is 1. The number of aliphatic hydroxyl groups is 3. The van der Waals surface area contributed by atoms with Gasteiger partial charge in [0.05, 0.1) is 18.2 Å². The van der Waals surface area contributed by atoms with Gasteiger partial charge in [-0.15, -0.1) is 0 Å². The number of nitrogens with zero attached hydrogens (tertiary/aromatic N) is 1.